The number of hydrogen-bond donors (Lipinski definition) is 1. The van der Waals surface area contributed by atoms with Gasteiger partial charge >= 0.3 is 0 Å². The number of carbonyl (C=O) groups is 1. The lowest BCUT2D eigenvalue weighted by Crippen LogP contribution is -2.39. The van der Waals surface area contributed by atoms with E-state index in [0.29, 0.717) is 28.2 Å². The first-order valence-corrected chi connectivity index (χ1v) is 16.1. The Labute approximate surface area is 270 Å². The number of thioether (sulfide) groups is 1. The van der Waals surface area contributed by atoms with Crippen LogP contribution in [0.1, 0.15) is 50.3 Å². The van der Waals surface area contributed by atoms with E-state index in [1.165, 1.54) is 22.9 Å². The van der Waals surface area contributed by atoms with Crippen molar-refractivity contribution in [2.24, 2.45) is 4.99 Å². The molecule has 1 atom stereocenters. The molecular weight excluding hydrogens is 586 g/mol. The van der Waals surface area contributed by atoms with Gasteiger partial charge in [-0.1, -0.05) is 42.1 Å². The average molecular weight is 628 g/mol. The van der Waals surface area contributed by atoms with Gasteiger partial charge in [-0.15, -0.1) is 0 Å². The summed E-state index contributed by atoms with van der Waals surface area (Å²) in [6.07, 6.45) is 5.01. The van der Waals surface area contributed by atoms with Crippen molar-refractivity contribution in [3.63, 3.8) is 0 Å². The molecule has 1 heterocycles. The van der Waals surface area contributed by atoms with Crippen LogP contribution in [0.2, 0.25) is 0 Å². The van der Waals surface area contributed by atoms with Gasteiger partial charge in [0.2, 0.25) is 5.91 Å². The number of carbonyl (C=O) groups excluding carboxylic acids is 1. The van der Waals surface area contributed by atoms with E-state index in [1.54, 1.807) is 28.4 Å². The molecule has 0 spiro atoms. The second-order valence-electron chi connectivity index (χ2n) is 11.1. The Morgan fingerprint density at radius 2 is 1.58 bits per heavy atom. The number of amidine groups is 1. The highest BCUT2D eigenvalue weighted by Crippen LogP contribution is 2.43. The Morgan fingerprint density at radius 1 is 0.911 bits per heavy atom. The van der Waals surface area contributed by atoms with Gasteiger partial charge in [-0.3, -0.25) is 4.79 Å². The second kappa shape index (κ2) is 14.6. The number of hydrogen-bond acceptors (Lipinski definition) is 8. The molecule has 0 aromatic heterocycles. The van der Waals surface area contributed by atoms with Crippen molar-refractivity contribution in [1.82, 2.24) is 5.32 Å². The van der Waals surface area contributed by atoms with Gasteiger partial charge in [0.05, 0.1) is 34.2 Å². The largest absolute Gasteiger partial charge is 0.493 e. The van der Waals surface area contributed by atoms with Crippen LogP contribution in [0.5, 0.6) is 23.0 Å². The normalized spacial score (nSPS) is 16.9. The van der Waals surface area contributed by atoms with E-state index >= 15 is 0 Å². The Morgan fingerprint density at radius 3 is 2.24 bits per heavy atom. The number of nitrogens with zero attached hydrogens (tertiary/aromatic N) is 2. The van der Waals surface area contributed by atoms with Crippen LogP contribution in [0.25, 0.3) is 6.08 Å². The summed E-state index contributed by atoms with van der Waals surface area (Å²) < 4.78 is 22.2. The predicted octanol–water partition coefficient (Wildman–Crippen LogP) is 7.42. The zero-order valence-electron chi connectivity index (χ0n) is 26.8. The van der Waals surface area contributed by atoms with E-state index in [2.05, 4.69) is 11.4 Å². The van der Waals surface area contributed by atoms with Crippen molar-refractivity contribution >= 4 is 34.6 Å². The first kappa shape index (κ1) is 32.0. The molecule has 1 aliphatic heterocycles. The molecule has 5 rings (SSSR count). The molecule has 2 aliphatic rings. The summed E-state index contributed by atoms with van der Waals surface area (Å²) in [7, 11) is 6.56. The van der Waals surface area contributed by atoms with Gasteiger partial charge in [0.1, 0.15) is 6.04 Å². The molecule has 0 saturated carbocycles. The molecule has 3 aromatic carbocycles. The van der Waals surface area contributed by atoms with Crippen molar-refractivity contribution < 1.29 is 23.7 Å². The molecule has 1 amide bonds. The molecule has 9 heteroatoms. The Bertz CT molecular complexity index is 1620. The number of para-hydroxylation sites is 1. The van der Waals surface area contributed by atoms with Gasteiger partial charge in [-0.05, 0) is 97.9 Å². The highest BCUT2D eigenvalue weighted by atomic mass is 32.2. The second-order valence-corrected chi connectivity index (χ2v) is 12.1. The minimum absolute atomic E-state index is 0.0185. The molecular formula is C36H41N3O5S. The maximum absolute atomic E-state index is 13.6. The van der Waals surface area contributed by atoms with Crippen molar-refractivity contribution in [1.29, 1.82) is 0 Å². The Kier molecular flexibility index (Phi) is 10.4. The highest BCUT2D eigenvalue weighted by molar-refractivity contribution is 8.14. The monoisotopic (exact) mass is 627 g/mol. The third-order valence-electron chi connectivity index (χ3n) is 7.97. The number of amides is 1. The summed E-state index contributed by atoms with van der Waals surface area (Å²) in [6.45, 7) is 4.06. The van der Waals surface area contributed by atoms with Crippen molar-refractivity contribution in [2.75, 3.05) is 39.1 Å². The van der Waals surface area contributed by atoms with Gasteiger partial charge in [0.25, 0.3) is 0 Å². The third kappa shape index (κ3) is 7.14. The SMILES string of the molecule is COc1ccc(C=C2CCCC3=C2NC(SCC(=O)N(c2ccccc2)C(C)C)=NC3c2ccc(OC)c(OC)c2)cc1OC. The van der Waals surface area contributed by atoms with Crippen LogP contribution in [0.15, 0.2) is 88.6 Å². The van der Waals surface area contributed by atoms with E-state index in [9.17, 15) is 4.79 Å². The van der Waals surface area contributed by atoms with Gasteiger partial charge < -0.3 is 29.2 Å². The smallest absolute Gasteiger partial charge is 0.237 e. The molecule has 45 heavy (non-hydrogen) atoms. The van der Waals surface area contributed by atoms with Crippen LogP contribution in [0.3, 0.4) is 0 Å². The first-order chi connectivity index (χ1) is 21.9. The number of methoxy groups -OCH3 is 4. The minimum atomic E-state index is -0.233. The number of nitrogens with one attached hydrogen (secondary N) is 1. The van der Waals surface area contributed by atoms with Crippen molar-refractivity contribution in [2.45, 2.75) is 45.2 Å². The summed E-state index contributed by atoms with van der Waals surface area (Å²) in [4.78, 5) is 20.6. The van der Waals surface area contributed by atoms with Crippen LogP contribution in [-0.2, 0) is 4.79 Å². The number of anilines is 1. The average Bonchev–Trinajstić information content (AvgIpc) is 3.07. The van der Waals surface area contributed by atoms with Gasteiger partial charge in [0.15, 0.2) is 28.2 Å². The number of ether oxygens (including phenoxy) is 4. The molecule has 0 bridgehead atoms. The molecule has 1 aliphatic carbocycles. The Hall–Kier alpha value is -4.37. The van der Waals surface area contributed by atoms with Gasteiger partial charge in [-0.25, -0.2) is 4.99 Å². The fraction of sp³-hybridized carbons (Fsp3) is 0.333. The lowest BCUT2D eigenvalue weighted by molar-refractivity contribution is -0.116. The summed E-state index contributed by atoms with van der Waals surface area (Å²) in [6, 6.07) is 21.5. The van der Waals surface area contributed by atoms with E-state index in [-0.39, 0.29) is 23.7 Å². The van der Waals surface area contributed by atoms with Crippen LogP contribution >= 0.6 is 11.8 Å². The molecule has 236 valence electrons. The molecule has 0 saturated heterocycles. The van der Waals surface area contributed by atoms with Crippen LogP contribution in [0, 0.1) is 0 Å². The fourth-order valence-corrected chi connectivity index (χ4v) is 6.63. The highest BCUT2D eigenvalue weighted by Gasteiger charge is 2.31. The Balaban J connectivity index is 1.50. The standard InChI is InChI=1S/C36H41N3O5S/c1-23(2)39(27-12-8-7-9-13-27)33(40)22-45-36-37-34-25(19-24-15-17-29(41-3)31(20-24)43-5)11-10-14-28(34)35(38-36)26-16-18-30(42-4)32(21-26)44-6/h7-9,12-13,15-21,23,35H,10-11,14,22H2,1-6H3,(H,37,38). The zero-order valence-corrected chi connectivity index (χ0v) is 27.6. The van der Waals surface area contributed by atoms with E-state index in [0.717, 1.165) is 41.8 Å². The van der Waals surface area contributed by atoms with Gasteiger partial charge in [0, 0.05) is 17.4 Å². The summed E-state index contributed by atoms with van der Waals surface area (Å²) in [5, 5.41) is 4.34. The number of benzene rings is 3. The quantitative estimate of drug-likeness (QED) is 0.251. The predicted molar refractivity (Wildman–Crippen MR) is 183 cm³/mol. The van der Waals surface area contributed by atoms with Gasteiger partial charge in [-0.2, -0.15) is 0 Å². The van der Waals surface area contributed by atoms with E-state index < -0.39 is 0 Å². The van der Waals surface area contributed by atoms with E-state index in [4.69, 9.17) is 23.9 Å². The third-order valence-corrected chi connectivity index (χ3v) is 8.84. The molecule has 1 N–H and O–H groups in total. The van der Waals surface area contributed by atoms with Crippen LogP contribution in [-0.4, -0.2) is 51.3 Å². The number of aliphatic imine (C=N–C) groups is 1. The minimum Gasteiger partial charge on any atom is -0.493 e. The fourth-order valence-electron chi connectivity index (χ4n) is 5.87. The maximum Gasteiger partial charge on any atom is 0.237 e. The molecule has 1 unspecified atom stereocenters. The van der Waals surface area contributed by atoms with E-state index in [1.807, 2.05) is 85.5 Å². The van der Waals surface area contributed by atoms with Crippen molar-refractivity contribution in [3.05, 3.63) is 94.7 Å². The molecule has 3 aromatic rings. The summed E-state index contributed by atoms with van der Waals surface area (Å²) in [5.74, 6) is 2.96. The molecule has 0 fully saturated rings. The lowest BCUT2D eigenvalue weighted by atomic mass is 9.84. The maximum atomic E-state index is 13.6. The first-order valence-electron chi connectivity index (χ1n) is 15.1. The number of rotatable bonds is 10. The van der Waals surface area contributed by atoms with Crippen LogP contribution < -0.4 is 29.2 Å². The molecule has 8 nitrogen and oxygen atoms in total. The lowest BCUT2D eigenvalue weighted by Gasteiger charge is -2.33. The summed E-state index contributed by atoms with van der Waals surface area (Å²) >= 11 is 1.43. The van der Waals surface area contributed by atoms with Crippen molar-refractivity contribution in [3.8, 4) is 23.0 Å². The molecule has 0 radical (unpaired) electrons. The topological polar surface area (TPSA) is 81.6 Å². The zero-order chi connectivity index (χ0) is 31.9. The number of allylic oxidation sites excluding steroid dienone is 1. The van der Waals surface area contributed by atoms with Crippen LogP contribution in [0.4, 0.5) is 5.69 Å². The summed E-state index contributed by atoms with van der Waals surface area (Å²) in [5.41, 5.74) is 6.36.